The quantitative estimate of drug-likeness (QED) is 0.349. The maximum absolute atomic E-state index is 13.8. The predicted octanol–water partition coefficient (Wildman–Crippen LogP) is 5.75. The lowest BCUT2D eigenvalue weighted by molar-refractivity contribution is -0.384. The van der Waals surface area contributed by atoms with E-state index in [1.54, 1.807) is 17.0 Å². The van der Waals surface area contributed by atoms with Gasteiger partial charge in [0.2, 0.25) is 0 Å². The van der Waals surface area contributed by atoms with Crippen LogP contribution in [0.5, 0.6) is 0 Å². The average Bonchev–Trinajstić information content (AvgIpc) is 3.08. The number of nitrogens with two attached hydrogens (primary N) is 1. The molecule has 1 aromatic carbocycles. The first kappa shape index (κ1) is 24.7. The van der Waals surface area contributed by atoms with Crippen molar-refractivity contribution in [2.45, 2.75) is 102 Å². The Labute approximate surface area is 203 Å². The smallest absolute Gasteiger partial charge is 0.269 e. The van der Waals surface area contributed by atoms with Crippen molar-refractivity contribution in [1.82, 2.24) is 4.90 Å². The van der Waals surface area contributed by atoms with E-state index in [4.69, 9.17) is 10.7 Å². The number of carbonyl (C=O) groups excluding carboxylic acids is 1. The van der Waals surface area contributed by atoms with Crippen LogP contribution in [0.25, 0.3) is 0 Å². The van der Waals surface area contributed by atoms with Crippen molar-refractivity contribution < 1.29 is 9.72 Å². The molecule has 1 amide bonds. The van der Waals surface area contributed by atoms with Gasteiger partial charge in [-0.15, -0.1) is 0 Å². The number of nitro groups is 1. The van der Waals surface area contributed by atoms with Gasteiger partial charge in [0.25, 0.3) is 11.6 Å². The third-order valence-corrected chi connectivity index (χ3v) is 8.28. The van der Waals surface area contributed by atoms with E-state index in [1.807, 2.05) is 0 Å². The van der Waals surface area contributed by atoms with Gasteiger partial charge in [-0.3, -0.25) is 19.8 Å². The summed E-state index contributed by atoms with van der Waals surface area (Å²) in [4.78, 5) is 30.9. The number of hydrogen-bond donors (Lipinski definition) is 1. The second-order valence-electron chi connectivity index (χ2n) is 10.7. The molecule has 0 bridgehead atoms. The summed E-state index contributed by atoms with van der Waals surface area (Å²) in [6, 6.07) is 6.65. The lowest BCUT2D eigenvalue weighted by Crippen LogP contribution is -2.46. The lowest BCUT2D eigenvalue weighted by atomic mass is 9.75. The summed E-state index contributed by atoms with van der Waals surface area (Å²) in [7, 11) is 0. The van der Waals surface area contributed by atoms with E-state index in [0.717, 1.165) is 43.6 Å². The molecule has 3 aliphatic rings. The predicted molar refractivity (Wildman–Crippen MR) is 134 cm³/mol. The molecule has 2 saturated carbocycles. The first-order chi connectivity index (χ1) is 16.5. The van der Waals surface area contributed by atoms with Crippen molar-refractivity contribution >= 4 is 17.6 Å². The van der Waals surface area contributed by atoms with Crippen LogP contribution in [0.2, 0.25) is 0 Å². The summed E-state index contributed by atoms with van der Waals surface area (Å²) in [6.45, 7) is 0.543. The summed E-state index contributed by atoms with van der Waals surface area (Å²) in [6.07, 6.45) is 17.0. The van der Waals surface area contributed by atoms with Gasteiger partial charge in [0.05, 0.1) is 4.92 Å². The zero-order valence-electron chi connectivity index (χ0n) is 20.4. The molecule has 0 saturated heterocycles. The Morgan fingerprint density at radius 2 is 1.62 bits per heavy atom. The van der Waals surface area contributed by atoms with Crippen LogP contribution in [-0.4, -0.2) is 33.8 Å². The molecule has 0 unspecified atom stereocenters. The second kappa shape index (κ2) is 11.3. The standard InChI is InChI=1S/C27H40N4O3/c28-26-29-27(20-23-10-5-2-6-11-23,18-17-21-8-3-1-4-9-21)25(32)30(26)19-7-12-22-13-15-24(16-14-22)31(33)34/h13-16,21,23H,1-12,17-20H2,(H2,28,29)/t27-/m1/s1. The van der Waals surface area contributed by atoms with Crippen LogP contribution >= 0.6 is 0 Å². The minimum atomic E-state index is -0.670. The molecule has 2 N–H and O–H groups in total. The first-order valence-corrected chi connectivity index (χ1v) is 13.4. The van der Waals surface area contributed by atoms with Gasteiger partial charge in [0.15, 0.2) is 5.96 Å². The van der Waals surface area contributed by atoms with Gasteiger partial charge in [-0.25, -0.2) is 4.99 Å². The van der Waals surface area contributed by atoms with Crippen LogP contribution in [0.15, 0.2) is 29.3 Å². The van der Waals surface area contributed by atoms with E-state index in [-0.39, 0.29) is 16.5 Å². The summed E-state index contributed by atoms with van der Waals surface area (Å²) < 4.78 is 0. The number of amides is 1. The second-order valence-corrected chi connectivity index (χ2v) is 10.7. The third kappa shape index (κ3) is 5.97. The zero-order valence-corrected chi connectivity index (χ0v) is 20.4. The van der Waals surface area contributed by atoms with Crippen LogP contribution in [0.4, 0.5) is 5.69 Å². The highest BCUT2D eigenvalue weighted by Gasteiger charge is 2.48. The maximum Gasteiger partial charge on any atom is 0.269 e. The Kier molecular flexibility index (Phi) is 8.22. The van der Waals surface area contributed by atoms with Crippen LogP contribution in [0, 0.1) is 22.0 Å². The minimum Gasteiger partial charge on any atom is -0.369 e. The van der Waals surface area contributed by atoms with Gasteiger partial charge < -0.3 is 5.73 Å². The number of aliphatic imine (C=N–C) groups is 1. The fraction of sp³-hybridized carbons (Fsp3) is 0.704. The molecule has 1 aliphatic heterocycles. The minimum absolute atomic E-state index is 0.0975. The average molecular weight is 469 g/mol. The topological polar surface area (TPSA) is 102 Å². The van der Waals surface area contributed by atoms with Gasteiger partial charge >= 0.3 is 0 Å². The number of carbonyl (C=O) groups is 1. The van der Waals surface area contributed by atoms with Crippen molar-refractivity contribution in [3.05, 3.63) is 39.9 Å². The Bertz CT molecular complexity index is 872. The van der Waals surface area contributed by atoms with Gasteiger partial charge in [-0.2, -0.15) is 0 Å². The Hall–Kier alpha value is -2.44. The molecule has 34 heavy (non-hydrogen) atoms. The van der Waals surface area contributed by atoms with Crippen LogP contribution in [0.1, 0.15) is 95.5 Å². The number of nitro benzene ring substituents is 1. The molecule has 1 aromatic rings. The number of aryl methyl sites for hydroxylation is 1. The Morgan fingerprint density at radius 3 is 2.24 bits per heavy atom. The molecule has 186 valence electrons. The summed E-state index contributed by atoms with van der Waals surface area (Å²) >= 11 is 0. The molecule has 1 heterocycles. The third-order valence-electron chi connectivity index (χ3n) is 8.28. The highest BCUT2D eigenvalue weighted by molar-refractivity contribution is 6.06. The van der Waals surface area contributed by atoms with Gasteiger partial charge in [0, 0.05) is 18.7 Å². The summed E-state index contributed by atoms with van der Waals surface area (Å²) in [5.74, 6) is 1.78. The fourth-order valence-corrected chi connectivity index (χ4v) is 6.31. The van der Waals surface area contributed by atoms with Crippen molar-refractivity contribution in [2.24, 2.45) is 22.6 Å². The molecule has 1 atom stereocenters. The monoisotopic (exact) mass is 468 g/mol. The molecular weight excluding hydrogens is 428 g/mol. The number of hydrogen-bond acceptors (Lipinski definition) is 5. The van der Waals surface area contributed by atoms with E-state index in [0.29, 0.717) is 18.4 Å². The van der Waals surface area contributed by atoms with Crippen LogP contribution in [-0.2, 0) is 11.2 Å². The van der Waals surface area contributed by atoms with Crippen molar-refractivity contribution in [3.63, 3.8) is 0 Å². The van der Waals surface area contributed by atoms with E-state index in [2.05, 4.69) is 0 Å². The molecular formula is C27H40N4O3. The molecule has 0 spiro atoms. The lowest BCUT2D eigenvalue weighted by Gasteiger charge is -2.33. The highest BCUT2D eigenvalue weighted by Crippen LogP contribution is 2.40. The van der Waals surface area contributed by atoms with Gasteiger partial charge in [0.1, 0.15) is 5.54 Å². The van der Waals surface area contributed by atoms with E-state index < -0.39 is 5.54 Å². The van der Waals surface area contributed by atoms with Crippen molar-refractivity contribution in [1.29, 1.82) is 0 Å². The van der Waals surface area contributed by atoms with E-state index in [9.17, 15) is 14.9 Å². The molecule has 2 aliphatic carbocycles. The Morgan fingerprint density at radius 1 is 1.00 bits per heavy atom. The van der Waals surface area contributed by atoms with E-state index >= 15 is 0 Å². The zero-order chi connectivity index (χ0) is 24.0. The highest BCUT2D eigenvalue weighted by atomic mass is 16.6. The fourth-order valence-electron chi connectivity index (χ4n) is 6.31. The molecule has 7 heteroatoms. The molecule has 0 radical (unpaired) electrons. The SMILES string of the molecule is NC1=N[C@](CCC2CCCCC2)(CC2CCCCC2)C(=O)N1CCCc1ccc([N+](=O)[O-])cc1. The summed E-state index contributed by atoms with van der Waals surface area (Å²) in [5.41, 5.74) is 6.83. The Balaban J connectivity index is 1.39. The number of rotatable bonds is 10. The van der Waals surface area contributed by atoms with E-state index in [1.165, 1.54) is 76.3 Å². The molecule has 0 aromatic heterocycles. The molecule has 4 rings (SSSR count). The van der Waals surface area contributed by atoms with Crippen LogP contribution in [0.3, 0.4) is 0 Å². The number of non-ortho nitro benzene ring substituents is 1. The number of guanidine groups is 1. The van der Waals surface area contributed by atoms with Gasteiger partial charge in [-0.1, -0.05) is 76.3 Å². The maximum atomic E-state index is 13.8. The van der Waals surface area contributed by atoms with Crippen molar-refractivity contribution in [2.75, 3.05) is 6.54 Å². The number of benzene rings is 1. The van der Waals surface area contributed by atoms with Crippen molar-refractivity contribution in [3.8, 4) is 0 Å². The first-order valence-electron chi connectivity index (χ1n) is 13.4. The largest absolute Gasteiger partial charge is 0.369 e. The van der Waals surface area contributed by atoms with Gasteiger partial charge in [-0.05, 0) is 49.5 Å². The molecule has 7 nitrogen and oxygen atoms in total. The van der Waals surface area contributed by atoms with Crippen LogP contribution < -0.4 is 5.73 Å². The number of nitrogens with zero attached hydrogens (tertiary/aromatic N) is 3. The normalized spacial score (nSPS) is 24.4. The summed E-state index contributed by atoms with van der Waals surface area (Å²) in [5, 5.41) is 10.9. The molecule has 2 fully saturated rings.